The van der Waals surface area contributed by atoms with Crippen molar-refractivity contribution in [2.75, 3.05) is 6.61 Å². The fraction of sp³-hybridized carbons (Fsp3) is 0.375. The molecule has 14 heavy (non-hydrogen) atoms. The lowest BCUT2D eigenvalue weighted by Crippen LogP contribution is -1.92. The summed E-state index contributed by atoms with van der Waals surface area (Å²) in [6.07, 6.45) is 1.41. The Morgan fingerprint density at radius 3 is 3.07 bits per heavy atom. The third kappa shape index (κ3) is 1.34. The van der Waals surface area contributed by atoms with Gasteiger partial charge in [0.2, 0.25) is 5.76 Å². The van der Waals surface area contributed by atoms with Crippen molar-refractivity contribution in [1.82, 2.24) is 20.3 Å². The van der Waals surface area contributed by atoms with Gasteiger partial charge in [-0.3, -0.25) is 5.10 Å². The highest BCUT2D eigenvalue weighted by Gasteiger charge is 2.16. The molecule has 0 saturated carbocycles. The number of ether oxygens (including phenoxy) is 1. The third-order valence-corrected chi connectivity index (χ3v) is 1.79. The summed E-state index contributed by atoms with van der Waals surface area (Å²) in [6, 6.07) is 0. The van der Waals surface area contributed by atoms with Crippen molar-refractivity contribution in [1.29, 1.82) is 0 Å². The Balaban J connectivity index is 2.36. The summed E-state index contributed by atoms with van der Waals surface area (Å²) >= 11 is 0. The first-order chi connectivity index (χ1) is 6.83. The fourth-order valence-corrected chi connectivity index (χ4v) is 1.13. The van der Waals surface area contributed by atoms with Crippen molar-refractivity contribution >= 4 is 0 Å². The van der Waals surface area contributed by atoms with Crippen molar-refractivity contribution < 1.29 is 9.26 Å². The molecule has 74 valence electrons. The second-order valence-corrected chi connectivity index (χ2v) is 2.71. The average Bonchev–Trinajstić information content (AvgIpc) is 2.77. The van der Waals surface area contributed by atoms with E-state index < -0.39 is 0 Å². The molecule has 6 heteroatoms. The second kappa shape index (κ2) is 3.49. The van der Waals surface area contributed by atoms with Crippen LogP contribution in [0.25, 0.3) is 11.6 Å². The van der Waals surface area contributed by atoms with Crippen LogP contribution in [-0.2, 0) is 0 Å². The zero-order chi connectivity index (χ0) is 9.97. The molecule has 0 atom stereocenters. The smallest absolute Gasteiger partial charge is 0.257 e. The molecular formula is C8H10N4O2. The molecule has 0 aliphatic carbocycles. The van der Waals surface area contributed by atoms with E-state index >= 15 is 0 Å². The van der Waals surface area contributed by atoms with Crippen molar-refractivity contribution in [3.63, 3.8) is 0 Å². The van der Waals surface area contributed by atoms with Gasteiger partial charge in [0, 0.05) is 0 Å². The van der Waals surface area contributed by atoms with Gasteiger partial charge in [0.05, 0.1) is 12.2 Å². The number of hydrogen-bond acceptors (Lipinski definition) is 5. The highest BCUT2D eigenvalue weighted by molar-refractivity contribution is 5.54. The minimum Gasteiger partial charge on any atom is -0.476 e. The van der Waals surface area contributed by atoms with Crippen molar-refractivity contribution in [2.24, 2.45) is 0 Å². The monoisotopic (exact) mass is 194 g/mol. The van der Waals surface area contributed by atoms with Gasteiger partial charge in [0.25, 0.3) is 5.88 Å². The molecule has 0 fully saturated rings. The van der Waals surface area contributed by atoms with Crippen LogP contribution < -0.4 is 4.74 Å². The minimum atomic E-state index is 0.499. The number of nitrogens with one attached hydrogen (secondary N) is 1. The molecule has 0 bridgehead atoms. The van der Waals surface area contributed by atoms with Crippen molar-refractivity contribution in [2.45, 2.75) is 13.8 Å². The molecule has 0 amide bonds. The van der Waals surface area contributed by atoms with E-state index in [0.29, 0.717) is 24.1 Å². The first kappa shape index (κ1) is 8.74. The van der Waals surface area contributed by atoms with Crippen LogP contribution in [0.1, 0.15) is 12.5 Å². The summed E-state index contributed by atoms with van der Waals surface area (Å²) in [6.45, 7) is 4.31. The molecule has 0 spiro atoms. The van der Waals surface area contributed by atoms with Crippen LogP contribution in [0, 0.1) is 6.92 Å². The predicted molar refractivity (Wildman–Crippen MR) is 47.8 cm³/mol. The van der Waals surface area contributed by atoms with Gasteiger partial charge in [-0.15, -0.1) is 0 Å². The number of rotatable bonds is 3. The molecule has 0 aromatic carbocycles. The Labute approximate surface area is 80.3 Å². The first-order valence-corrected chi connectivity index (χ1v) is 4.27. The zero-order valence-electron chi connectivity index (χ0n) is 7.94. The standard InChI is InChI=1S/C8H10N4O2/c1-3-13-8-5(2)6(14-12-8)7-9-4-10-11-7/h4H,3H2,1-2H3,(H,9,10,11). The molecule has 2 aromatic rings. The van der Waals surface area contributed by atoms with Crippen LogP contribution in [0.15, 0.2) is 10.9 Å². The van der Waals surface area contributed by atoms with E-state index in [0.717, 1.165) is 5.56 Å². The molecule has 0 saturated heterocycles. The summed E-state index contributed by atoms with van der Waals surface area (Å²) in [5.41, 5.74) is 0.823. The minimum absolute atomic E-state index is 0.499. The lowest BCUT2D eigenvalue weighted by molar-refractivity contribution is 0.295. The summed E-state index contributed by atoms with van der Waals surface area (Å²) in [4.78, 5) is 3.96. The normalized spacial score (nSPS) is 10.4. The Morgan fingerprint density at radius 2 is 2.43 bits per heavy atom. The molecule has 0 radical (unpaired) electrons. The van der Waals surface area contributed by atoms with E-state index in [4.69, 9.17) is 9.26 Å². The maximum absolute atomic E-state index is 5.25. The zero-order valence-corrected chi connectivity index (χ0v) is 7.94. The number of aromatic amines is 1. The fourth-order valence-electron chi connectivity index (χ4n) is 1.13. The van der Waals surface area contributed by atoms with E-state index in [9.17, 15) is 0 Å². The van der Waals surface area contributed by atoms with Crippen molar-refractivity contribution in [3.05, 3.63) is 11.9 Å². The molecule has 0 aliphatic heterocycles. The summed E-state index contributed by atoms with van der Waals surface area (Å²) in [5.74, 6) is 1.62. The Morgan fingerprint density at radius 1 is 1.57 bits per heavy atom. The largest absolute Gasteiger partial charge is 0.476 e. The van der Waals surface area contributed by atoms with Crippen LogP contribution >= 0.6 is 0 Å². The number of H-pyrrole nitrogens is 1. The maximum Gasteiger partial charge on any atom is 0.257 e. The maximum atomic E-state index is 5.25. The van der Waals surface area contributed by atoms with Gasteiger partial charge in [-0.05, 0) is 19.0 Å². The first-order valence-electron chi connectivity index (χ1n) is 4.27. The number of hydrogen-bond donors (Lipinski definition) is 1. The highest BCUT2D eigenvalue weighted by Crippen LogP contribution is 2.26. The molecule has 2 heterocycles. The van der Waals surface area contributed by atoms with Gasteiger partial charge < -0.3 is 9.26 Å². The molecule has 2 aromatic heterocycles. The van der Waals surface area contributed by atoms with Gasteiger partial charge in [-0.25, -0.2) is 4.98 Å². The van der Waals surface area contributed by atoms with Crippen LogP contribution in [0.2, 0.25) is 0 Å². The number of nitrogens with zero attached hydrogens (tertiary/aromatic N) is 3. The van der Waals surface area contributed by atoms with Crippen LogP contribution in [0.3, 0.4) is 0 Å². The van der Waals surface area contributed by atoms with Gasteiger partial charge in [-0.1, -0.05) is 0 Å². The van der Waals surface area contributed by atoms with Crippen LogP contribution in [0.4, 0.5) is 0 Å². The highest BCUT2D eigenvalue weighted by atomic mass is 16.5. The average molecular weight is 194 g/mol. The Bertz CT molecular complexity index is 407. The molecule has 6 nitrogen and oxygen atoms in total. The summed E-state index contributed by atoms with van der Waals surface area (Å²) in [7, 11) is 0. The Kier molecular flexibility index (Phi) is 2.18. The van der Waals surface area contributed by atoms with Gasteiger partial charge in [0.1, 0.15) is 6.33 Å². The lowest BCUT2D eigenvalue weighted by Gasteiger charge is -1.96. The molecular weight excluding hydrogens is 184 g/mol. The predicted octanol–water partition coefficient (Wildman–Crippen LogP) is 1.17. The summed E-state index contributed by atoms with van der Waals surface area (Å²) < 4.78 is 10.3. The second-order valence-electron chi connectivity index (χ2n) is 2.71. The third-order valence-electron chi connectivity index (χ3n) is 1.79. The van der Waals surface area contributed by atoms with E-state index in [2.05, 4.69) is 20.3 Å². The lowest BCUT2D eigenvalue weighted by atomic mass is 10.3. The molecule has 1 N–H and O–H groups in total. The van der Waals surface area contributed by atoms with E-state index in [1.165, 1.54) is 6.33 Å². The van der Waals surface area contributed by atoms with Crippen molar-refractivity contribution in [3.8, 4) is 17.5 Å². The van der Waals surface area contributed by atoms with Gasteiger partial charge in [0.15, 0.2) is 5.82 Å². The molecule has 0 aliphatic rings. The number of aromatic nitrogens is 4. The van der Waals surface area contributed by atoms with Gasteiger partial charge >= 0.3 is 0 Å². The summed E-state index contributed by atoms with van der Waals surface area (Å²) in [5, 5.41) is 10.2. The van der Waals surface area contributed by atoms with Crippen LogP contribution in [0.5, 0.6) is 5.88 Å². The Hall–Kier alpha value is -1.85. The SMILES string of the molecule is CCOc1noc(-c2ncn[nH]2)c1C. The molecule has 0 unspecified atom stereocenters. The topological polar surface area (TPSA) is 76.8 Å². The van der Waals surface area contributed by atoms with Crippen LogP contribution in [-0.4, -0.2) is 26.9 Å². The quantitative estimate of drug-likeness (QED) is 0.793. The van der Waals surface area contributed by atoms with E-state index in [-0.39, 0.29) is 0 Å². The van der Waals surface area contributed by atoms with E-state index in [1.54, 1.807) is 0 Å². The van der Waals surface area contributed by atoms with E-state index in [1.807, 2.05) is 13.8 Å². The molecule has 2 rings (SSSR count). The van der Waals surface area contributed by atoms with Gasteiger partial charge in [-0.2, -0.15) is 5.10 Å².